The average Bonchev–Trinajstić information content (AvgIpc) is 1.65. The summed E-state index contributed by atoms with van der Waals surface area (Å²) >= 11 is 0. The first-order valence-electron chi connectivity index (χ1n) is 51.2. The van der Waals surface area contributed by atoms with E-state index in [1.54, 1.807) is 4.57 Å². The molecule has 0 radical (unpaired) electrons. The van der Waals surface area contributed by atoms with Crippen molar-refractivity contribution in [3.63, 3.8) is 0 Å². The molecule has 25 rings (SSSR count). The molecule has 0 aliphatic carbocycles. The lowest BCUT2D eigenvalue weighted by atomic mass is 9.33. The zero-order valence-electron chi connectivity index (χ0n) is 86.8. The first-order chi connectivity index (χ1) is 68.7. The Kier molecular flexibility index (Phi) is 13.4. The fourth-order valence-electron chi connectivity index (χ4n) is 20.6. The molecule has 0 unspecified atom stereocenters. The summed E-state index contributed by atoms with van der Waals surface area (Å²) in [5.41, 5.74) is 22.3. The van der Waals surface area contributed by atoms with Crippen molar-refractivity contribution in [3.05, 3.63) is 399 Å². The van der Waals surface area contributed by atoms with Gasteiger partial charge in [-0.2, -0.15) is 0 Å². The number of hydrogen-bond acceptors (Lipinski definition) is 4. The summed E-state index contributed by atoms with van der Waals surface area (Å²) in [4.78, 5) is 4.92. The summed E-state index contributed by atoms with van der Waals surface area (Å²) in [5, 5.41) is 4.52. The Bertz CT molecular complexity index is 9430. The topological polar surface area (TPSA) is 47.6 Å². The smallest absolute Gasteiger partial charge is 0.252 e. The van der Waals surface area contributed by atoms with E-state index in [1.165, 1.54) is 0 Å². The minimum Gasteiger partial charge on any atom is -0.456 e. The van der Waals surface area contributed by atoms with Crippen LogP contribution in [0.5, 0.6) is 0 Å². The fraction of sp³-hybridized carbons (Fsp3) is 0.100. The third-order valence-electron chi connectivity index (χ3n) is 26.5. The van der Waals surface area contributed by atoms with Crippen LogP contribution in [0.2, 0.25) is 0 Å². The molecule has 7 heterocycles. The fourth-order valence-corrected chi connectivity index (χ4v) is 20.6. The predicted octanol–water partition coefficient (Wildman–Crippen LogP) is 31.1. The van der Waals surface area contributed by atoms with Crippen LogP contribution in [0, 0.1) is 0 Å². The van der Waals surface area contributed by atoms with Crippen LogP contribution in [-0.2, 0) is 16.2 Å². The number of fused-ring (bicyclic) bond motifs is 19. The van der Waals surface area contributed by atoms with E-state index in [9.17, 15) is 15.1 Å². The van der Waals surface area contributed by atoms with E-state index >= 15 is 0 Å². The standard InChI is InChI=1S/C120H90BN5O2/c1-118(2,3)80-67-107-113-108(68-80)126(115-92(78-58-54-76(55-59-78)74-34-14-11-15-35-74)72-95(120(7,8)9)117-112(115)90-43-23-31-51-110(90)128-117)106-70-82(123-101-47-27-21-41-88(101)93-69-81(62-65-104(93)123)122-99-45-25-17-37-84(99)85-38-18-26-46-100(85)122)61-63-96(106)121(113)97-66-79(83-36-16-24-44-98(83)124-102-48-28-19-39-86(102)87-40-20-29-49-103(87)124)60-64-105(97)125(107)114-91(77-56-52-75(53-57-77)73-32-12-10-13-33-73)71-94(119(4,5)6)116-111(114)89-42-22-30-50-109(89)127-116/h10-72H,1-9H3/i17D,18D,21D,25D,26D,27D,37D,38D,41D,45D,46D,47D,62D,65D,69D. The Balaban J connectivity index is 0.864. The monoisotopic (exact) mass is 1660 g/mol. The van der Waals surface area contributed by atoms with Crippen molar-refractivity contribution in [2.45, 2.75) is 78.6 Å². The van der Waals surface area contributed by atoms with E-state index in [-0.39, 0.29) is 38.3 Å². The van der Waals surface area contributed by atoms with Crippen LogP contribution in [-0.4, -0.2) is 20.4 Å². The summed E-state index contributed by atoms with van der Waals surface area (Å²) in [6.45, 7) is 19.3. The lowest BCUT2D eigenvalue weighted by molar-refractivity contribution is 0.572. The SMILES string of the molecule is [2H]c1c([2H])c([2H])c2c(c1[2H])c1c([2H])c(-n3c4c([2H])c([2H])c([2H])c([2H])c4c4c([2H])c([2H])c([2H])c([2H])c43)c([2H])c([2H])c1n2-c1ccc2c(c1)N(c1c(-c3ccc(-c4ccccc4)cc3)cc(C(C)(C)C)c3oc4ccccc4c13)c1cc(C(C)(C)C)cc3c1B2c1cc(-c2ccccc2-n2c4ccccc4c4ccccc42)ccc1N3c1c(-c2ccc(-c3ccccc3)cc2)cc(C(C)(C)C)c2oc3ccccc3c12. The van der Waals surface area contributed by atoms with Crippen molar-refractivity contribution in [2.24, 2.45) is 0 Å². The largest absolute Gasteiger partial charge is 0.456 e. The van der Waals surface area contributed by atoms with Gasteiger partial charge < -0.3 is 32.3 Å². The van der Waals surface area contributed by atoms with Gasteiger partial charge in [0.1, 0.15) is 22.3 Å². The van der Waals surface area contributed by atoms with E-state index < -0.39 is 130 Å². The molecule has 0 saturated carbocycles. The van der Waals surface area contributed by atoms with Crippen LogP contribution in [0.25, 0.3) is 182 Å². The van der Waals surface area contributed by atoms with Gasteiger partial charge >= 0.3 is 0 Å². The van der Waals surface area contributed by atoms with E-state index in [1.807, 2.05) is 60.7 Å². The Morgan fingerprint density at radius 3 is 1.23 bits per heavy atom. The normalized spacial score (nSPS) is 14.6. The highest BCUT2D eigenvalue weighted by Gasteiger charge is 2.48. The first kappa shape index (κ1) is 61.0. The van der Waals surface area contributed by atoms with Crippen molar-refractivity contribution >= 4 is 167 Å². The number of nitrogens with zero attached hydrogens (tertiary/aromatic N) is 5. The quantitative estimate of drug-likeness (QED) is 0.128. The van der Waals surface area contributed by atoms with Crippen LogP contribution in [0.15, 0.2) is 391 Å². The number of hydrogen-bond donors (Lipinski definition) is 0. The highest BCUT2D eigenvalue weighted by atomic mass is 16.3. The molecule has 23 aromatic rings. The third kappa shape index (κ3) is 11.4. The van der Waals surface area contributed by atoms with Gasteiger partial charge in [-0.3, -0.25) is 0 Å². The molecule has 2 aliphatic heterocycles. The van der Waals surface area contributed by atoms with Gasteiger partial charge in [-0.15, -0.1) is 0 Å². The molecule has 5 aromatic heterocycles. The van der Waals surface area contributed by atoms with Crippen LogP contribution >= 0.6 is 0 Å². The Hall–Kier alpha value is -15.4. The molecule has 128 heavy (non-hydrogen) atoms. The highest BCUT2D eigenvalue weighted by Crippen LogP contribution is 2.58. The van der Waals surface area contributed by atoms with Crippen LogP contribution in [0.4, 0.5) is 34.1 Å². The Morgan fingerprint density at radius 2 is 0.703 bits per heavy atom. The van der Waals surface area contributed by atoms with Gasteiger partial charge in [-0.05, 0) is 186 Å². The Morgan fingerprint density at radius 1 is 0.273 bits per heavy atom. The van der Waals surface area contributed by atoms with Crippen LogP contribution in [0.1, 0.15) is 99.6 Å². The maximum atomic E-state index is 10.9. The molecule has 0 fully saturated rings. The highest BCUT2D eigenvalue weighted by molar-refractivity contribution is 7.00. The molecule has 7 nitrogen and oxygen atoms in total. The molecule has 0 spiro atoms. The molecule has 0 bridgehead atoms. The number of benzene rings is 18. The zero-order chi connectivity index (χ0) is 99.0. The van der Waals surface area contributed by atoms with Crippen molar-refractivity contribution in [1.82, 2.24) is 13.7 Å². The molecule has 0 atom stereocenters. The number of anilines is 6. The summed E-state index contributed by atoms with van der Waals surface area (Å²) in [6, 6.07) is 92.9. The lowest BCUT2D eigenvalue weighted by Gasteiger charge is -2.46. The van der Waals surface area contributed by atoms with Crippen molar-refractivity contribution in [3.8, 4) is 72.7 Å². The number of rotatable bonds is 10. The Labute approximate surface area is 765 Å². The van der Waals surface area contributed by atoms with E-state index in [0.29, 0.717) is 22.4 Å². The third-order valence-corrected chi connectivity index (χ3v) is 26.5. The van der Waals surface area contributed by atoms with Gasteiger partial charge in [0, 0.05) is 105 Å². The van der Waals surface area contributed by atoms with Crippen molar-refractivity contribution < 1.29 is 29.4 Å². The van der Waals surface area contributed by atoms with Gasteiger partial charge in [-0.1, -0.05) is 335 Å². The first-order valence-corrected chi connectivity index (χ1v) is 43.7. The second-order valence-corrected chi connectivity index (χ2v) is 37.1. The minimum absolute atomic E-state index is 0.168. The molecule has 8 heteroatoms. The maximum Gasteiger partial charge on any atom is 0.252 e. The average molecular weight is 1660 g/mol. The summed E-state index contributed by atoms with van der Waals surface area (Å²) in [7, 11) is 0. The summed E-state index contributed by atoms with van der Waals surface area (Å²) in [5.74, 6) is 0. The van der Waals surface area contributed by atoms with Gasteiger partial charge in [0.05, 0.1) is 81.5 Å². The zero-order valence-corrected chi connectivity index (χ0v) is 71.8. The van der Waals surface area contributed by atoms with Crippen molar-refractivity contribution in [2.75, 3.05) is 9.80 Å². The molecular formula is C120H90BN5O2. The lowest BCUT2D eigenvalue weighted by Crippen LogP contribution is -2.61. The molecule has 0 amide bonds. The van der Waals surface area contributed by atoms with Gasteiger partial charge in [0.2, 0.25) is 0 Å². The van der Waals surface area contributed by atoms with Crippen molar-refractivity contribution in [1.29, 1.82) is 0 Å². The van der Waals surface area contributed by atoms with Gasteiger partial charge in [0.15, 0.2) is 0 Å². The summed E-state index contributed by atoms with van der Waals surface area (Å²) < 4.78 is 167. The minimum atomic E-state index is -0.742. The number of furan rings is 2. The molecule has 0 N–H and O–H groups in total. The van der Waals surface area contributed by atoms with E-state index in [4.69, 9.17) is 14.3 Å². The van der Waals surface area contributed by atoms with Crippen LogP contribution in [0.3, 0.4) is 0 Å². The number of aromatic nitrogens is 3. The molecule has 18 aromatic carbocycles. The predicted molar refractivity (Wildman–Crippen MR) is 541 cm³/mol. The molecular weight excluding hydrogens is 1550 g/mol. The second kappa shape index (κ2) is 28.1. The van der Waals surface area contributed by atoms with E-state index in [2.05, 4.69) is 307 Å². The van der Waals surface area contributed by atoms with E-state index in [0.717, 1.165) is 176 Å². The van der Waals surface area contributed by atoms with Gasteiger partial charge in [-0.25, -0.2) is 0 Å². The van der Waals surface area contributed by atoms with Crippen LogP contribution < -0.4 is 26.2 Å². The second-order valence-electron chi connectivity index (χ2n) is 37.1. The number of para-hydroxylation sites is 8. The summed E-state index contributed by atoms with van der Waals surface area (Å²) in [6.07, 6.45) is 0. The molecule has 0 saturated heterocycles. The molecule has 2 aliphatic rings. The maximum absolute atomic E-state index is 10.9. The van der Waals surface area contributed by atoms with Gasteiger partial charge in [0.25, 0.3) is 6.71 Å². The molecule has 610 valence electrons.